The summed E-state index contributed by atoms with van der Waals surface area (Å²) < 4.78 is 47.7. The lowest BCUT2D eigenvalue weighted by Gasteiger charge is -2.06. The van der Waals surface area contributed by atoms with E-state index in [1.165, 1.54) is 26.4 Å². The molecule has 0 N–H and O–H groups in total. The minimum Gasteiger partial charge on any atom is -0.493 e. The van der Waals surface area contributed by atoms with Gasteiger partial charge in [0.1, 0.15) is 0 Å². The van der Waals surface area contributed by atoms with E-state index in [2.05, 4.69) is 11.8 Å². The predicted molar refractivity (Wildman–Crippen MR) is 77.0 cm³/mol. The van der Waals surface area contributed by atoms with Gasteiger partial charge < -0.3 is 9.47 Å². The third kappa shape index (κ3) is 3.73. The highest BCUT2D eigenvalue weighted by molar-refractivity contribution is 5.50. The van der Waals surface area contributed by atoms with Crippen LogP contribution in [0.2, 0.25) is 0 Å². The number of alkyl halides is 3. The smallest absolute Gasteiger partial charge is 0.416 e. The molecule has 2 aromatic carbocycles. The van der Waals surface area contributed by atoms with Crippen molar-refractivity contribution in [2.45, 2.75) is 6.18 Å². The Morgan fingerprint density at radius 3 is 1.86 bits per heavy atom. The normalized spacial score (nSPS) is 10.6. The molecule has 0 saturated heterocycles. The van der Waals surface area contributed by atoms with Gasteiger partial charge in [0.2, 0.25) is 0 Å². The quantitative estimate of drug-likeness (QED) is 0.777. The van der Waals surface area contributed by atoms with Gasteiger partial charge >= 0.3 is 6.18 Å². The molecule has 0 unspecified atom stereocenters. The van der Waals surface area contributed by atoms with Crippen molar-refractivity contribution in [2.75, 3.05) is 14.2 Å². The number of benzene rings is 2. The lowest BCUT2D eigenvalue weighted by atomic mass is 10.1. The van der Waals surface area contributed by atoms with Crippen LogP contribution in [0.25, 0.3) is 0 Å². The maximum atomic E-state index is 12.5. The largest absolute Gasteiger partial charge is 0.493 e. The minimum atomic E-state index is -4.34. The Morgan fingerprint density at radius 1 is 0.773 bits per heavy atom. The van der Waals surface area contributed by atoms with Gasteiger partial charge in [0.25, 0.3) is 0 Å². The van der Waals surface area contributed by atoms with Crippen LogP contribution in [0.1, 0.15) is 16.7 Å². The standard InChI is InChI=1S/C17H13F3O2/c1-21-15-10-7-13(11-16(15)22-2)4-3-12-5-8-14(9-6-12)17(18,19)20/h5-11H,1-2H3. The average molecular weight is 306 g/mol. The van der Waals surface area contributed by atoms with E-state index >= 15 is 0 Å². The maximum Gasteiger partial charge on any atom is 0.416 e. The van der Waals surface area contributed by atoms with Gasteiger partial charge in [0.05, 0.1) is 19.8 Å². The first-order chi connectivity index (χ1) is 10.4. The molecule has 5 heteroatoms. The highest BCUT2D eigenvalue weighted by Gasteiger charge is 2.29. The summed E-state index contributed by atoms with van der Waals surface area (Å²) in [5.41, 5.74) is 0.490. The Morgan fingerprint density at radius 2 is 1.32 bits per heavy atom. The highest BCUT2D eigenvalue weighted by atomic mass is 19.4. The molecule has 0 aliphatic heterocycles. The van der Waals surface area contributed by atoms with E-state index in [4.69, 9.17) is 9.47 Å². The van der Waals surface area contributed by atoms with Crippen LogP contribution in [0.3, 0.4) is 0 Å². The Kier molecular flexibility index (Phi) is 4.62. The summed E-state index contributed by atoms with van der Waals surface area (Å²) in [4.78, 5) is 0. The van der Waals surface area contributed by atoms with E-state index in [0.717, 1.165) is 12.1 Å². The van der Waals surface area contributed by atoms with Crippen molar-refractivity contribution in [3.8, 4) is 23.3 Å². The van der Waals surface area contributed by atoms with Crippen LogP contribution in [0.15, 0.2) is 42.5 Å². The van der Waals surface area contributed by atoms with Crippen LogP contribution in [-0.4, -0.2) is 14.2 Å². The molecule has 22 heavy (non-hydrogen) atoms. The number of halogens is 3. The molecule has 0 bridgehead atoms. The first kappa shape index (κ1) is 15.8. The second-order valence-electron chi connectivity index (χ2n) is 4.39. The zero-order valence-corrected chi connectivity index (χ0v) is 12.0. The van der Waals surface area contributed by atoms with Crippen LogP contribution in [-0.2, 0) is 6.18 Å². The van der Waals surface area contributed by atoms with E-state index in [-0.39, 0.29) is 0 Å². The summed E-state index contributed by atoms with van der Waals surface area (Å²) >= 11 is 0. The molecule has 0 spiro atoms. The molecular weight excluding hydrogens is 293 g/mol. The molecule has 2 aromatic rings. The van der Waals surface area contributed by atoms with Crippen molar-refractivity contribution in [3.05, 3.63) is 59.2 Å². The van der Waals surface area contributed by atoms with Crippen molar-refractivity contribution in [1.29, 1.82) is 0 Å². The van der Waals surface area contributed by atoms with E-state index < -0.39 is 11.7 Å². The third-order valence-electron chi connectivity index (χ3n) is 2.95. The van der Waals surface area contributed by atoms with Crippen LogP contribution in [0.4, 0.5) is 13.2 Å². The first-order valence-electron chi connectivity index (χ1n) is 6.35. The van der Waals surface area contributed by atoms with Crippen molar-refractivity contribution in [3.63, 3.8) is 0 Å². The van der Waals surface area contributed by atoms with Crippen molar-refractivity contribution < 1.29 is 22.6 Å². The number of hydrogen-bond donors (Lipinski definition) is 0. The van der Waals surface area contributed by atoms with Gasteiger partial charge in [-0.05, 0) is 42.5 Å². The molecule has 2 nitrogen and oxygen atoms in total. The van der Waals surface area contributed by atoms with Crippen LogP contribution in [0.5, 0.6) is 11.5 Å². The molecule has 2 rings (SSSR count). The number of methoxy groups -OCH3 is 2. The molecule has 0 aliphatic rings. The molecule has 0 aliphatic carbocycles. The second kappa shape index (κ2) is 6.44. The van der Waals surface area contributed by atoms with Gasteiger partial charge in [-0.3, -0.25) is 0 Å². The molecule has 0 aromatic heterocycles. The molecule has 0 heterocycles. The van der Waals surface area contributed by atoms with Gasteiger partial charge in [0, 0.05) is 11.1 Å². The topological polar surface area (TPSA) is 18.5 Å². The lowest BCUT2D eigenvalue weighted by Crippen LogP contribution is -2.04. The molecule has 0 atom stereocenters. The summed E-state index contributed by atoms with van der Waals surface area (Å²) in [5, 5.41) is 0. The highest BCUT2D eigenvalue weighted by Crippen LogP contribution is 2.29. The Bertz CT molecular complexity index is 707. The van der Waals surface area contributed by atoms with Gasteiger partial charge in [-0.1, -0.05) is 11.8 Å². The summed E-state index contributed by atoms with van der Waals surface area (Å²) in [7, 11) is 3.05. The maximum absolute atomic E-state index is 12.5. The number of ether oxygens (including phenoxy) is 2. The fourth-order valence-corrected chi connectivity index (χ4v) is 1.80. The zero-order valence-electron chi connectivity index (χ0n) is 12.0. The zero-order chi connectivity index (χ0) is 16.2. The average Bonchev–Trinajstić information content (AvgIpc) is 2.52. The molecular formula is C17H13F3O2. The van der Waals surface area contributed by atoms with Crippen LogP contribution in [0, 0.1) is 11.8 Å². The second-order valence-corrected chi connectivity index (χ2v) is 4.39. The third-order valence-corrected chi connectivity index (χ3v) is 2.95. The molecule has 0 radical (unpaired) electrons. The van der Waals surface area contributed by atoms with E-state index in [0.29, 0.717) is 22.6 Å². The SMILES string of the molecule is COc1ccc(C#Cc2ccc(C(F)(F)F)cc2)cc1OC. The predicted octanol–water partition coefficient (Wildman–Crippen LogP) is 4.12. The summed E-state index contributed by atoms with van der Waals surface area (Å²) in [6.45, 7) is 0. The Hall–Kier alpha value is -2.61. The Balaban J connectivity index is 2.23. The van der Waals surface area contributed by atoms with Crippen molar-refractivity contribution in [1.82, 2.24) is 0 Å². The van der Waals surface area contributed by atoms with E-state index in [9.17, 15) is 13.2 Å². The Labute approximate surface area is 126 Å². The molecule has 114 valence electrons. The summed E-state index contributed by atoms with van der Waals surface area (Å²) in [5.74, 6) is 6.82. The van der Waals surface area contributed by atoms with Crippen molar-refractivity contribution in [2.24, 2.45) is 0 Å². The summed E-state index contributed by atoms with van der Waals surface area (Å²) in [6.07, 6.45) is -4.34. The minimum absolute atomic E-state index is 0.503. The summed E-state index contributed by atoms with van der Waals surface area (Å²) in [6, 6.07) is 9.88. The molecule has 0 saturated carbocycles. The van der Waals surface area contributed by atoms with Crippen LogP contribution >= 0.6 is 0 Å². The first-order valence-corrected chi connectivity index (χ1v) is 6.35. The van der Waals surface area contributed by atoms with E-state index in [1.807, 2.05) is 0 Å². The van der Waals surface area contributed by atoms with E-state index in [1.54, 1.807) is 18.2 Å². The van der Waals surface area contributed by atoms with Crippen LogP contribution < -0.4 is 9.47 Å². The number of rotatable bonds is 2. The van der Waals surface area contributed by atoms with Gasteiger partial charge in [-0.15, -0.1) is 0 Å². The lowest BCUT2D eigenvalue weighted by molar-refractivity contribution is -0.137. The van der Waals surface area contributed by atoms with Crippen molar-refractivity contribution >= 4 is 0 Å². The molecule has 0 fully saturated rings. The molecule has 0 amide bonds. The fourth-order valence-electron chi connectivity index (χ4n) is 1.80. The fraction of sp³-hybridized carbons (Fsp3) is 0.176. The number of hydrogen-bond acceptors (Lipinski definition) is 2. The van der Waals surface area contributed by atoms with Gasteiger partial charge in [0.15, 0.2) is 11.5 Å². The van der Waals surface area contributed by atoms with Gasteiger partial charge in [-0.25, -0.2) is 0 Å². The van der Waals surface area contributed by atoms with Gasteiger partial charge in [-0.2, -0.15) is 13.2 Å². The monoisotopic (exact) mass is 306 g/mol.